The quantitative estimate of drug-likeness (QED) is 0.721. The van der Waals surface area contributed by atoms with E-state index in [9.17, 15) is 4.79 Å². The van der Waals surface area contributed by atoms with Crippen LogP contribution in [0.5, 0.6) is 0 Å². The van der Waals surface area contributed by atoms with Crippen molar-refractivity contribution in [3.63, 3.8) is 0 Å². The molecular formula is C11H20BrNO2. The van der Waals surface area contributed by atoms with Crippen LogP contribution >= 0.6 is 15.9 Å². The van der Waals surface area contributed by atoms with Crippen molar-refractivity contribution < 1.29 is 9.53 Å². The van der Waals surface area contributed by atoms with Gasteiger partial charge in [-0.25, -0.2) is 0 Å². The average Bonchev–Trinajstić information content (AvgIpc) is 2.70. The second kappa shape index (κ2) is 6.48. The maximum Gasteiger partial charge on any atom is 0.251 e. The molecule has 0 spiro atoms. The van der Waals surface area contributed by atoms with Crippen LogP contribution < -0.4 is 0 Å². The standard InChI is InChI=1S/C11H20BrNO2/c1-9(2)13(7-4-6-12)11(14)10-5-3-8-15-10/h9-10H,3-8H2,1-2H3. The van der Waals surface area contributed by atoms with E-state index < -0.39 is 0 Å². The van der Waals surface area contributed by atoms with Crippen LogP contribution in [0.25, 0.3) is 0 Å². The van der Waals surface area contributed by atoms with Gasteiger partial charge in [-0.05, 0) is 33.1 Å². The predicted molar refractivity (Wildman–Crippen MR) is 64.2 cm³/mol. The van der Waals surface area contributed by atoms with E-state index in [1.54, 1.807) is 0 Å². The van der Waals surface area contributed by atoms with E-state index in [4.69, 9.17) is 4.74 Å². The molecule has 1 unspecified atom stereocenters. The van der Waals surface area contributed by atoms with Gasteiger partial charge in [-0.3, -0.25) is 4.79 Å². The molecule has 0 N–H and O–H groups in total. The highest BCUT2D eigenvalue weighted by molar-refractivity contribution is 9.09. The first-order valence-electron chi connectivity index (χ1n) is 5.65. The number of hydrogen-bond donors (Lipinski definition) is 0. The monoisotopic (exact) mass is 277 g/mol. The summed E-state index contributed by atoms with van der Waals surface area (Å²) in [6, 6.07) is 0.265. The minimum Gasteiger partial charge on any atom is -0.368 e. The fourth-order valence-electron chi connectivity index (χ4n) is 1.81. The number of rotatable bonds is 5. The van der Waals surface area contributed by atoms with Crippen molar-refractivity contribution >= 4 is 21.8 Å². The summed E-state index contributed by atoms with van der Waals surface area (Å²) < 4.78 is 5.42. The summed E-state index contributed by atoms with van der Waals surface area (Å²) in [6.07, 6.45) is 2.72. The molecule has 0 aromatic heterocycles. The Bertz CT molecular complexity index is 203. The Hall–Kier alpha value is -0.0900. The summed E-state index contributed by atoms with van der Waals surface area (Å²) in [4.78, 5) is 14.0. The van der Waals surface area contributed by atoms with Gasteiger partial charge in [0.2, 0.25) is 0 Å². The van der Waals surface area contributed by atoms with Crippen molar-refractivity contribution in [3.8, 4) is 0 Å². The van der Waals surface area contributed by atoms with Gasteiger partial charge in [0.1, 0.15) is 6.10 Å². The highest BCUT2D eigenvalue weighted by atomic mass is 79.9. The Morgan fingerprint density at radius 3 is 2.80 bits per heavy atom. The van der Waals surface area contributed by atoms with Gasteiger partial charge in [-0.2, -0.15) is 0 Å². The van der Waals surface area contributed by atoms with Crippen LogP contribution in [-0.4, -0.2) is 41.4 Å². The molecule has 1 aliphatic heterocycles. The first-order valence-corrected chi connectivity index (χ1v) is 6.77. The predicted octanol–water partition coefficient (Wildman–Crippen LogP) is 2.19. The minimum atomic E-state index is -0.178. The van der Waals surface area contributed by atoms with Gasteiger partial charge < -0.3 is 9.64 Å². The average molecular weight is 278 g/mol. The summed E-state index contributed by atoms with van der Waals surface area (Å²) in [5, 5.41) is 0.940. The number of halogens is 1. The highest BCUT2D eigenvalue weighted by Crippen LogP contribution is 2.16. The summed E-state index contributed by atoms with van der Waals surface area (Å²) in [5.74, 6) is 0.170. The topological polar surface area (TPSA) is 29.5 Å². The molecule has 0 aromatic rings. The van der Waals surface area contributed by atoms with Gasteiger partial charge in [0.05, 0.1) is 0 Å². The molecule has 0 radical (unpaired) electrons. The number of nitrogens with zero attached hydrogens (tertiary/aromatic N) is 1. The van der Waals surface area contributed by atoms with Crippen molar-refractivity contribution in [3.05, 3.63) is 0 Å². The van der Waals surface area contributed by atoms with Crippen LogP contribution in [0.4, 0.5) is 0 Å². The van der Waals surface area contributed by atoms with E-state index in [2.05, 4.69) is 29.8 Å². The Kier molecular flexibility index (Phi) is 5.61. The molecule has 0 aromatic carbocycles. The third kappa shape index (κ3) is 3.76. The number of carbonyl (C=O) groups excluding carboxylic acids is 1. The van der Waals surface area contributed by atoms with Crippen molar-refractivity contribution in [2.45, 2.75) is 45.3 Å². The van der Waals surface area contributed by atoms with Crippen molar-refractivity contribution in [1.29, 1.82) is 0 Å². The zero-order chi connectivity index (χ0) is 11.3. The second-order valence-corrected chi connectivity index (χ2v) is 4.96. The molecule has 15 heavy (non-hydrogen) atoms. The van der Waals surface area contributed by atoms with E-state index in [1.807, 2.05) is 4.90 Å². The van der Waals surface area contributed by atoms with Gasteiger partial charge in [-0.15, -0.1) is 0 Å². The van der Waals surface area contributed by atoms with Crippen LogP contribution in [-0.2, 0) is 9.53 Å². The van der Waals surface area contributed by atoms with E-state index in [1.165, 1.54) is 0 Å². The van der Waals surface area contributed by atoms with Gasteiger partial charge >= 0.3 is 0 Å². The lowest BCUT2D eigenvalue weighted by molar-refractivity contribution is -0.142. The Labute approximate surface area is 100 Å². The van der Waals surface area contributed by atoms with Crippen LogP contribution in [0.2, 0.25) is 0 Å². The lowest BCUT2D eigenvalue weighted by atomic mass is 10.2. The normalized spacial score (nSPS) is 20.9. The smallest absolute Gasteiger partial charge is 0.251 e. The summed E-state index contributed by atoms with van der Waals surface area (Å²) >= 11 is 3.39. The molecule has 4 heteroatoms. The van der Waals surface area contributed by atoms with Crippen LogP contribution in [0.15, 0.2) is 0 Å². The minimum absolute atomic E-state index is 0.170. The molecule has 0 saturated carbocycles. The van der Waals surface area contributed by atoms with Crippen molar-refractivity contribution in [2.24, 2.45) is 0 Å². The molecule has 1 amide bonds. The zero-order valence-electron chi connectivity index (χ0n) is 9.54. The molecule has 1 atom stereocenters. The number of carbonyl (C=O) groups is 1. The maximum atomic E-state index is 12.1. The van der Waals surface area contributed by atoms with E-state index in [0.29, 0.717) is 0 Å². The van der Waals surface area contributed by atoms with Crippen molar-refractivity contribution in [1.82, 2.24) is 4.90 Å². The molecule has 88 valence electrons. The van der Waals surface area contributed by atoms with Crippen molar-refractivity contribution in [2.75, 3.05) is 18.5 Å². The lowest BCUT2D eigenvalue weighted by Gasteiger charge is -2.28. The number of alkyl halides is 1. The highest BCUT2D eigenvalue weighted by Gasteiger charge is 2.29. The number of ether oxygens (including phenoxy) is 1. The molecule has 1 rings (SSSR count). The van der Waals surface area contributed by atoms with Crippen LogP contribution in [0, 0.1) is 0 Å². The molecule has 1 heterocycles. The Morgan fingerprint density at radius 1 is 1.60 bits per heavy atom. The van der Waals surface area contributed by atoms with Crippen LogP contribution in [0.3, 0.4) is 0 Å². The first-order chi connectivity index (χ1) is 7.16. The van der Waals surface area contributed by atoms with E-state index in [0.717, 1.165) is 37.7 Å². The number of amides is 1. The maximum absolute atomic E-state index is 12.1. The third-order valence-corrected chi connectivity index (χ3v) is 3.20. The molecule has 1 saturated heterocycles. The largest absolute Gasteiger partial charge is 0.368 e. The summed E-state index contributed by atoms with van der Waals surface area (Å²) in [6.45, 7) is 5.67. The second-order valence-electron chi connectivity index (χ2n) is 4.17. The first kappa shape index (κ1) is 13.0. The fraction of sp³-hybridized carbons (Fsp3) is 0.909. The Morgan fingerprint density at radius 2 is 2.33 bits per heavy atom. The third-order valence-electron chi connectivity index (χ3n) is 2.64. The van der Waals surface area contributed by atoms with Crippen LogP contribution in [0.1, 0.15) is 33.1 Å². The summed E-state index contributed by atoms with van der Waals surface area (Å²) in [5.41, 5.74) is 0. The molecule has 1 fully saturated rings. The fourth-order valence-corrected chi connectivity index (χ4v) is 2.06. The zero-order valence-corrected chi connectivity index (χ0v) is 11.1. The Balaban J connectivity index is 2.49. The molecule has 3 nitrogen and oxygen atoms in total. The molecule has 0 bridgehead atoms. The van der Waals surface area contributed by atoms with Gasteiger partial charge in [-0.1, -0.05) is 15.9 Å². The van der Waals surface area contributed by atoms with E-state index >= 15 is 0 Å². The SMILES string of the molecule is CC(C)N(CCCBr)C(=O)C1CCCO1. The summed E-state index contributed by atoms with van der Waals surface area (Å²) in [7, 11) is 0. The van der Waals surface area contributed by atoms with Gasteiger partial charge in [0.25, 0.3) is 5.91 Å². The molecule has 0 aliphatic carbocycles. The molecular weight excluding hydrogens is 258 g/mol. The van der Waals surface area contributed by atoms with Gasteiger partial charge in [0.15, 0.2) is 0 Å². The lowest BCUT2D eigenvalue weighted by Crippen LogP contribution is -2.43. The molecule has 1 aliphatic rings. The van der Waals surface area contributed by atoms with E-state index in [-0.39, 0.29) is 18.1 Å². The van der Waals surface area contributed by atoms with Gasteiger partial charge in [0, 0.05) is 24.5 Å². The number of hydrogen-bond acceptors (Lipinski definition) is 2.